The summed E-state index contributed by atoms with van der Waals surface area (Å²) in [7, 11) is -3.60. The third-order valence-electron chi connectivity index (χ3n) is 3.12. The third-order valence-corrected chi connectivity index (χ3v) is 4.73. The first-order valence-electron chi connectivity index (χ1n) is 6.28. The van der Waals surface area contributed by atoms with Crippen LogP contribution in [0.3, 0.4) is 0 Å². The number of hydrogen-bond donors (Lipinski definition) is 0. The molecule has 0 aliphatic rings. The molecule has 0 fully saturated rings. The van der Waals surface area contributed by atoms with Crippen molar-refractivity contribution in [1.29, 1.82) is 0 Å². The molecule has 2 aromatic rings. The Labute approximate surface area is 119 Å². The van der Waals surface area contributed by atoms with Gasteiger partial charge in [-0.2, -0.15) is 0 Å². The number of sulfone groups is 1. The lowest BCUT2D eigenvalue weighted by Gasteiger charge is -2.07. The molecule has 0 unspecified atom stereocenters. The van der Waals surface area contributed by atoms with E-state index in [1.54, 1.807) is 37.3 Å². The summed E-state index contributed by atoms with van der Waals surface area (Å²) in [4.78, 5) is 12.4. The summed E-state index contributed by atoms with van der Waals surface area (Å²) < 4.78 is 24.5. The van der Waals surface area contributed by atoms with Crippen LogP contribution < -0.4 is 0 Å². The fraction of sp³-hybridized carbons (Fsp3) is 0.188. The zero-order chi connectivity index (χ0) is 14.8. The van der Waals surface area contributed by atoms with Crippen LogP contribution in [0.15, 0.2) is 53.4 Å². The van der Waals surface area contributed by atoms with E-state index in [9.17, 15) is 13.2 Å². The zero-order valence-corrected chi connectivity index (χ0v) is 12.3. The molecular weight excluding hydrogens is 272 g/mol. The molecule has 3 nitrogen and oxygen atoms in total. The Morgan fingerprint density at radius 3 is 2.35 bits per heavy atom. The van der Waals surface area contributed by atoms with Crippen molar-refractivity contribution in [2.24, 2.45) is 0 Å². The lowest BCUT2D eigenvalue weighted by Crippen LogP contribution is -2.17. The molecule has 0 amide bonds. The predicted molar refractivity (Wildman–Crippen MR) is 78.7 cm³/mol. The van der Waals surface area contributed by atoms with Gasteiger partial charge in [-0.25, -0.2) is 8.42 Å². The summed E-state index contributed by atoms with van der Waals surface area (Å²) in [5.74, 6) is -0.869. The average Bonchev–Trinajstić information content (AvgIpc) is 2.38. The minimum absolute atomic E-state index is 0.194. The molecule has 0 atom stereocenters. The maximum absolute atomic E-state index is 12.3. The summed E-state index contributed by atoms with van der Waals surface area (Å²) in [6.45, 7) is 3.62. The van der Waals surface area contributed by atoms with E-state index in [1.807, 2.05) is 19.1 Å². The summed E-state index contributed by atoms with van der Waals surface area (Å²) in [5, 5.41) is 0. The molecule has 0 aliphatic carbocycles. The summed E-state index contributed by atoms with van der Waals surface area (Å²) >= 11 is 0. The molecule has 2 aromatic carbocycles. The van der Waals surface area contributed by atoms with Crippen LogP contribution in [0.4, 0.5) is 0 Å². The van der Waals surface area contributed by atoms with E-state index in [1.165, 1.54) is 6.07 Å². The SMILES string of the molecule is Cc1cccc(S(=O)(=O)CC(=O)c2ccccc2C)c1. The number of carbonyl (C=O) groups is 1. The number of aryl methyl sites for hydroxylation is 2. The molecule has 0 radical (unpaired) electrons. The number of rotatable bonds is 4. The number of benzene rings is 2. The minimum atomic E-state index is -3.60. The van der Waals surface area contributed by atoms with E-state index in [-0.39, 0.29) is 10.7 Å². The highest BCUT2D eigenvalue weighted by Crippen LogP contribution is 2.16. The van der Waals surface area contributed by atoms with Crippen molar-refractivity contribution < 1.29 is 13.2 Å². The van der Waals surface area contributed by atoms with Gasteiger partial charge in [0.15, 0.2) is 15.6 Å². The number of ketones is 1. The maximum atomic E-state index is 12.3. The molecule has 104 valence electrons. The quantitative estimate of drug-likeness (QED) is 0.813. The first kappa shape index (κ1) is 14.5. The van der Waals surface area contributed by atoms with Crippen molar-refractivity contribution in [3.63, 3.8) is 0 Å². The van der Waals surface area contributed by atoms with Gasteiger partial charge in [0.1, 0.15) is 5.75 Å². The highest BCUT2D eigenvalue weighted by Gasteiger charge is 2.21. The van der Waals surface area contributed by atoms with Crippen molar-refractivity contribution in [3.05, 3.63) is 65.2 Å². The number of carbonyl (C=O) groups excluding carboxylic acids is 1. The van der Waals surface area contributed by atoms with Crippen molar-refractivity contribution in [3.8, 4) is 0 Å². The first-order chi connectivity index (χ1) is 9.40. The smallest absolute Gasteiger partial charge is 0.185 e. The second-order valence-corrected chi connectivity index (χ2v) is 6.80. The van der Waals surface area contributed by atoms with Gasteiger partial charge in [0.25, 0.3) is 0 Å². The van der Waals surface area contributed by atoms with Gasteiger partial charge in [0.2, 0.25) is 0 Å². The molecule has 0 aromatic heterocycles. The van der Waals surface area contributed by atoms with E-state index in [0.717, 1.165) is 11.1 Å². The maximum Gasteiger partial charge on any atom is 0.185 e. The molecule has 0 spiro atoms. The minimum Gasteiger partial charge on any atom is -0.293 e. The van der Waals surface area contributed by atoms with E-state index in [2.05, 4.69) is 0 Å². The summed E-state index contributed by atoms with van der Waals surface area (Å²) in [5.41, 5.74) is 2.11. The highest BCUT2D eigenvalue weighted by atomic mass is 32.2. The molecular formula is C16H16O3S. The van der Waals surface area contributed by atoms with E-state index in [4.69, 9.17) is 0 Å². The van der Waals surface area contributed by atoms with Crippen LogP contribution in [0.5, 0.6) is 0 Å². The Morgan fingerprint density at radius 2 is 1.70 bits per heavy atom. The van der Waals surface area contributed by atoms with Crippen LogP contribution in [0, 0.1) is 13.8 Å². The lowest BCUT2D eigenvalue weighted by molar-refractivity contribution is 0.102. The van der Waals surface area contributed by atoms with Crippen molar-refractivity contribution in [2.75, 3.05) is 5.75 Å². The van der Waals surface area contributed by atoms with Gasteiger partial charge in [-0.05, 0) is 37.1 Å². The molecule has 0 N–H and O–H groups in total. The van der Waals surface area contributed by atoms with E-state index < -0.39 is 15.6 Å². The molecule has 20 heavy (non-hydrogen) atoms. The molecule has 0 bridgehead atoms. The van der Waals surface area contributed by atoms with Crippen LogP contribution >= 0.6 is 0 Å². The molecule has 4 heteroatoms. The van der Waals surface area contributed by atoms with Crippen molar-refractivity contribution >= 4 is 15.6 Å². The lowest BCUT2D eigenvalue weighted by atomic mass is 10.1. The number of hydrogen-bond acceptors (Lipinski definition) is 3. The van der Waals surface area contributed by atoms with Crippen molar-refractivity contribution in [2.45, 2.75) is 18.7 Å². The van der Waals surface area contributed by atoms with E-state index >= 15 is 0 Å². The van der Waals surface area contributed by atoms with Gasteiger partial charge in [0.05, 0.1) is 4.90 Å². The Bertz CT molecular complexity index is 746. The second kappa shape index (κ2) is 5.59. The molecule has 0 heterocycles. The van der Waals surface area contributed by atoms with Gasteiger partial charge >= 0.3 is 0 Å². The zero-order valence-electron chi connectivity index (χ0n) is 11.5. The Kier molecular flexibility index (Phi) is 4.04. The van der Waals surface area contributed by atoms with Gasteiger partial charge in [-0.3, -0.25) is 4.79 Å². The third kappa shape index (κ3) is 3.14. The largest absolute Gasteiger partial charge is 0.293 e. The standard InChI is InChI=1S/C16H16O3S/c1-12-6-5-8-14(10-12)20(18,19)11-16(17)15-9-4-3-7-13(15)2/h3-10H,11H2,1-2H3. The number of Topliss-reactive ketones (excluding diaryl/α,β-unsaturated/α-hetero) is 1. The van der Waals surface area contributed by atoms with Gasteiger partial charge in [-0.1, -0.05) is 36.4 Å². The Balaban J connectivity index is 2.30. The fourth-order valence-electron chi connectivity index (χ4n) is 2.03. The topological polar surface area (TPSA) is 51.2 Å². The van der Waals surface area contributed by atoms with Gasteiger partial charge < -0.3 is 0 Å². The van der Waals surface area contributed by atoms with Crippen LogP contribution in [0.1, 0.15) is 21.5 Å². The predicted octanol–water partition coefficient (Wildman–Crippen LogP) is 2.96. The van der Waals surface area contributed by atoms with Gasteiger partial charge in [-0.15, -0.1) is 0 Å². The van der Waals surface area contributed by atoms with Crippen LogP contribution in [0.25, 0.3) is 0 Å². The molecule has 0 aliphatic heterocycles. The van der Waals surface area contributed by atoms with E-state index in [0.29, 0.717) is 5.56 Å². The normalized spacial score (nSPS) is 11.3. The van der Waals surface area contributed by atoms with Crippen LogP contribution in [-0.2, 0) is 9.84 Å². The molecule has 2 rings (SSSR count). The first-order valence-corrected chi connectivity index (χ1v) is 7.93. The van der Waals surface area contributed by atoms with Crippen molar-refractivity contribution in [1.82, 2.24) is 0 Å². The van der Waals surface area contributed by atoms with Crippen LogP contribution in [-0.4, -0.2) is 20.0 Å². The molecule has 0 saturated heterocycles. The summed E-state index contributed by atoms with van der Waals surface area (Å²) in [6, 6.07) is 13.6. The second-order valence-electron chi connectivity index (χ2n) is 4.81. The monoisotopic (exact) mass is 288 g/mol. The Hall–Kier alpha value is -1.94. The van der Waals surface area contributed by atoms with Crippen LogP contribution in [0.2, 0.25) is 0 Å². The van der Waals surface area contributed by atoms with Gasteiger partial charge in [0, 0.05) is 5.56 Å². The highest BCUT2D eigenvalue weighted by molar-refractivity contribution is 7.92. The fourth-order valence-corrected chi connectivity index (χ4v) is 3.35. The molecule has 0 saturated carbocycles. The summed E-state index contributed by atoms with van der Waals surface area (Å²) in [6.07, 6.45) is 0. The average molecular weight is 288 g/mol. The Morgan fingerprint density at radius 1 is 1.00 bits per heavy atom.